The highest BCUT2D eigenvalue weighted by Gasteiger charge is 2.38. The summed E-state index contributed by atoms with van der Waals surface area (Å²) in [6.07, 6.45) is -2.79. The molecule has 37 heavy (non-hydrogen) atoms. The fourth-order valence-corrected chi connectivity index (χ4v) is 5.01. The molecule has 0 fully saturated rings. The number of alkyl halides is 3. The smallest absolute Gasteiger partial charge is 0.475 e. The Balaban J connectivity index is 0.000000604. The van der Waals surface area contributed by atoms with E-state index in [0.29, 0.717) is 36.1 Å². The minimum Gasteiger partial charge on any atom is -0.475 e. The van der Waals surface area contributed by atoms with E-state index >= 15 is 0 Å². The van der Waals surface area contributed by atoms with Gasteiger partial charge >= 0.3 is 12.1 Å². The first kappa shape index (κ1) is 30.3. The highest BCUT2D eigenvalue weighted by atomic mass is 32.2. The van der Waals surface area contributed by atoms with Crippen LogP contribution in [0.15, 0.2) is 35.5 Å². The summed E-state index contributed by atoms with van der Waals surface area (Å²) >= 11 is 0. The molecule has 0 atom stereocenters. The Hall–Kier alpha value is -2.97. The molecular formula is C23H32F3N5O5S. The molecule has 0 unspecified atom stereocenters. The average molecular weight is 548 g/mol. The third kappa shape index (κ3) is 7.52. The molecule has 1 aliphatic heterocycles. The number of nitrogens with zero attached hydrogens (tertiary/aromatic N) is 5. The fourth-order valence-electron chi connectivity index (χ4n) is 3.41. The first-order chi connectivity index (χ1) is 17.1. The molecular weight excluding hydrogens is 515 g/mol. The molecule has 1 aliphatic rings. The topological polar surface area (TPSA) is 116 Å². The minimum atomic E-state index is -5.08. The van der Waals surface area contributed by atoms with E-state index < -0.39 is 22.2 Å². The molecule has 1 aromatic heterocycles. The van der Waals surface area contributed by atoms with Crippen LogP contribution in [0.1, 0.15) is 36.5 Å². The molecule has 14 heteroatoms. The van der Waals surface area contributed by atoms with E-state index in [2.05, 4.69) is 18.8 Å². The number of rotatable bonds is 7. The maximum Gasteiger partial charge on any atom is 0.490 e. The van der Waals surface area contributed by atoms with Crippen LogP contribution in [-0.4, -0.2) is 96.0 Å². The van der Waals surface area contributed by atoms with Crippen molar-refractivity contribution >= 4 is 21.9 Å². The number of aromatic nitrogens is 2. The summed E-state index contributed by atoms with van der Waals surface area (Å²) in [5.41, 5.74) is 1.44. The van der Waals surface area contributed by atoms with Crippen molar-refractivity contribution in [3.05, 3.63) is 42.0 Å². The summed E-state index contributed by atoms with van der Waals surface area (Å²) in [5, 5.41) is 7.12. The summed E-state index contributed by atoms with van der Waals surface area (Å²) in [5.74, 6) is -2.60. The van der Waals surface area contributed by atoms with Crippen LogP contribution in [-0.2, 0) is 21.4 Å². The molecule has 0 radical (unpaired) electrons. The number of para-hydroxylation sites is 1. The lowest BCUT2D eigenvalue weighted by molar-refractivity contribution is -0.192. The van der Waals surface area contributed by atoms with Crippen LogP contribution >= 0.6 is 0 Å². The molecule has 0 spiro atoms. The second-order valence-electron chi connectivity index (χ2n) is 9.23. The Morgan fingerprint density at radius 1 is 1.14 bits per heavy atom. The SMILES string of the molecule is CC(C)CCN1Cc2c(C(=O)N(C)CCN(C)C)ncn2-c2ccccc2S1(=O)=O.O=C(O)C(F)(F)F. The number of carboxylic acid groups (broad SMARTS) is 1. The van der Waals surface area contributed by atoms with Gasteiger partial charge in [0.05, 0.1) is 17.9 Å². The highest BCUT2D eigenvalue weighted by molar-refractivity contribution is 7.89. The van der Waals surface area contributed by atoms with E-state index in [4.69, 9.17) is 9.90 Å². The van der Waals surface area contributed by atoms with Crippen LogP contribution in [0.2, 0.25) is 0 Å². The van der Waals surface area contributed by atoms with Crippen LogP contribution in [0.3, 0.4) is 0 Å². The summed E-state index contributed by atoms with van der Waals surface area (Å²) < 4.78 is 61.7. The van der Waals surface area contributed by atoms with Gasteiger partial charge in [0.1, 0.15) is 11.2 Å². The number of carbonyl (C=O) groups excluding carboxylic acids is 1. The number of likely N-dealkylation sites (N-methyl/N-ethyl adjacent to an activating group) is 2. The van der Waals surface area contributed by atoms with Crippen molar-refractivity contribution in [2.45, 2.75) is 37.9 Å². The lowest BCUT2D eigenvalue weighted by Gasteiger charge is -2.22. The van der Waals surface area contributed by atoms with Gasteiger partial charge in [-0.1, -0.05) is 26.0 Å². The lowest BCUT2D eigenvalue weighted by Crippen LogP contribution is -2.35. The Morgan fingerprint density at radius 2 is 1.73 bits per heavy atom. The predicted octanol–water partition coefficient (Wildman–Crippen LogP) is 2.69. The highest BCUT2D eigenvalue weighted by Crippen LogP contribution is 2.31. The quantitative estimate of drug-likeness (QED) is 0.567. The molecule has 0 saturated heterocycles. The molecule has 0 aliphatic carbocycles. The maximum absolute atomic E-state index is 13.4. The normalized spacial score (nSPS) is 14.9. The number of hydrogen-bond donors (Lipinski definition) is 1. The Bertz CT molecular complexity index is 1210. The zero-order chi connectivity index (χ0) is 28.1. The van der Waals surface area contributed by atoms with Crippen LogP contribution in [0.5, 0.6) is 0 Å². The van der Waals surface area contributed by atoms with E-state index in [1.54, 1.807) is 47.1 Å². The molecule has 2 heterocycles. The van der Waals surface area contributed by atoms with Gasteiger partial charge in [-0.15, -0.1) is 0 Å². The average Bonchev–Trinajstić information content (AvgIpc) is 3.18. The van der Waals surface area contributed by atoms with Crippen molar-refractivity contribution in [3.63, 3.8) is 0 Å². The molecule has 3 rings (SSSR count). The molecule has 10 nitrogen and oxygen atoms in total. The first-order valence-electron chi connectivity index (χ1n) is 11.4. The van der Waals surface area contributed by atoms with Crippen LogP contribution < -0.4 is 0 Å². The number of sulfonamides is 1. The van der Waals surface area contributed by atoms with Crippen LogP contribution in [0.4, 0.5) is 13.2 Å². The van der Waals surface area contributed by atoms with Gasteiger partial charge in [0.15, 0.2) is 5.69 Å². The number of imidazole rings is 1. The molecule has 206 valence electrons. The third-order valence-electron chi connectivity index (χ3n) is 5.57. The second kappa shape index (κ2) is 12.0. The van der Waals surface area contributed by atoms with Gasteiger partial charge in [-0.3, -0.25) is 9.36 Å². The number of amides is 1. The van der Waals surface area contributed by atoms with Gasteiger partial charge in [0.2, 0.25) is 10.0 Å². The van der Waals surface area contributed by atoms with Crippen molar-refractivity contribution in [1.82, 2.24) is 23.7 Å². The molecule has 0 bridgehead atoms. The maximum atomic E-state index is 13.4. The summed E-state index contributed by atoms with van der Waals surface area (Å²) in [4.78, 5) is 30.3. The van der Waals surface area contributed by atoms with E-state index in [1.807, 2.05) is 19.0 Å². The van der Waals surface area contributed by atoms with Gasteiger partial charge in [0, 0.05) is 26.7 Å². The van der Waals surface area contributed by atoms with Crippen molar-refractivity contribution < 1.29 is 36.3 Å². The molecule has 0 saturated carbocycles. The van der Waals surface area contributed by atoms with Crippen molar-refractivity contribution in [1.29, 1.82) is 0 Å². The summed E-state index contributed by atoms with van der Waals surface area (Å²) in [7, 11) is 1.97. The van der Waals surface area contributed by atoms with E-state index in [1.165, 1.54) is 4.31 Å². The number of halogens is 3. The zero-order valence-electron chi connectivity index (χ0n) is 21.4. The number of carbonyl (C=O) groups is 2. The first-order valence-corrected chi connectivity index (χ1v) is 12.9. The second-order valence-corrected chi connectivity index (χ2v) is 11.1. The Labute approximate surface area is 214 Å². The van der Waals surface area contributed by atoms with Gasteiger partial charge in [-0.25, -0.2) is 18.2 Å². The Kier molecular flexibility index (Phi) is 9.85. The number of carboxylic acids is 1. The molecule has 1 amide bonds. The fraction of sp³-hybridized carbons (Fsp3) is 0.522. The monoisotopic (exact) mass is 547 g/mol. The Morgan fingerprint density at radius 3 is 2.27 bits per heavy atom. The standard InChI is InChI=1S/C21H31N5O3S.C2HF3O2/c1-16(2)10-11-25-14-18-20(21(27)24(5)13-12-23(3)4)22-15-26(18)17-8-6-7-9-19(17)30(25,28)29;3-2(4,5)1(6)7/h6-9,15-16H,10-14H2,1-5H3;(H,6,7). The number of fused-ring (bicyclic) bond motifs is 3. The van der Waals surface area contributed by atoms with Gasteiger partial charge in [-0.2, -0.15) is 17.5 Å². The van der Waals surface area contributed by atoms with Crippen LogP contribution in [0, 0.1) is 5.92 Å². The molecule has 2 aromatic rings. The number of aliphatic carboxylic acids is 1. The van der Waals surface area contributed by atoms with E-state index in [0.717, 1.165) is 13.0 Å². The van der Waals surface area contributed by atoms with Crippen molar-refractivity contribution in [2.75, 3.05) is 40.8 Å². The zero-order valence-corrected chi connectivity index (χ0v) is 22.2. The molecule has 1 aromatic carbocycles. The van der Waals surface area contributed by atoms with Crippen molar-refractivity contribution in [2.24, 2.45) is 5.92 Å². The van der Waals surface area contributed by atoms with Gasteiger partial charge in [-0.05, 0) is 38.6 Å². The largest absolute Gasteiger partial charge is 0.490 e. The van der Waals surface area contributed by atoms with E-state index in [-0.39, 0.29) is 17.3 Å². The molecule has 1 N–H and O–H groups in total. The summed E-state index contributed by atoms with van der Waals surface area (Å²) in [6, 6.07) is 6.90. The van der Waals surface area contributed by atoms with Gasteiger partial charge < -0.3 is 14.9 Å². The lowest BCUT2D eigenvalue weighted by atomic mass is 10.1. The summed E-state index contributed by atoms with van der Waals surface area (Å²) in [6.45, 7) is 5.94. The van der Waals surface area contributed by atoms with Crippen molar-refractivity contribution in [3.8, 4) is 5.69 Å². The predicted molar refractivity (Wildman–Crippen MR) is 130 cm³/mol. The van der Waals surface area contributed by atoms with Gasteiger partial charge in [0.25, 0.3) is 5.91 Å². The number of hydrogen-bond acceptors (Lipinski definition) is 6. The number of benzene rings is 1. The van der Waals surface area contributed by atoms with Crippen LogP contribution in [0.25, 0.3) is 5.69 Å². The minimum absolute atomic E-state index is 0.117. The van der Waals surface area contributed by atoms with E-state index in [9.17, 15) is 26.4 Å². The third-order valence-corrected chi connectivity index (χ3v) is 7.46.